The fraction of sp³-hybridized carbons (Fsp3) is 0.182. The number of thioether (sulfide) groups is 1. The first-order valence-corrected chi connectivity index (χ1v) is 10.2. The van der Waals surface area contributed by atoms with Crippen molar-refractivity contribution in [3.63, 3.8) is 0 Å². The minimum absolute atomic E-state index is 0.0158. The lowest BCUT2D eigenvalue weighted by Crippen LogP contribution is -2.36. The first-order chi connectivity index (χ1) is 13.6. The van der Waals surface area contributed by atoms with Crippen LogP contribution in [-0.2, 0) is 11.3 Å². The summed E-state index contributed by atoms with van der Waals surface area (Å²) in [7, 11) is 1.64. The molecule has 0 radical (unpaired) electrons. The van der Waals surface area contributed by atoms with Crippen LogP contribution >= 0.6 is 11.8 Å². The van der Waals surface area contributed by atoms with Gasteiger partial charge < -0.3 is 14.8 Å². The predicted molar refractivity (Wildman–Crippen MR) is 114 cm³/mol. The zero-order valence-electron chi connectivity index (χ0n) is 16.0. The molecule has 0 unspecified atom stereocenters. The molecule has 6 heteroatoms. The molecule has 144 valence electrons. The number of likely N-dealkylation sites (N-methyl/N-ethyl adjacent to an activating group) is 1. The van der Waals surface area contributed by atoms with Crippen LogP contribution in [0.3, 0.4) is 0 Å². The van der Waals surface area contributed by atoms with Gasteiger partial charge in [0.2, 0.25) is 5.91 Å². The summed E-state index contributed by atoms with van der Waals surface area (Å²) in [5.41, 5.74) is 2.43. The molecule has 0 saturated carbocycles. The van der Waals surface area contributed by atoms with Crippen LogP contribution in [0, 0.1) is 0 Å². The van der Waals surface area contributed by atoms with E-state index in [0.717, 1.165) is 16.1 Å². The number of nitrogens with zero attached hydrogens (tertiary/aromatic N) is 2. The minimum Gasteiger partial charge on any atom is -0.339 e. The average molecular weight is 394 g/mol. The lowest BCUT2D eigenvalue weighted by Gasteiger charge is -2.19. The summed E-state index contributed by atoms with van der Waals surface area (Å²) in [5, 5.41) is 2.89. The maximum Gasteiger partial charge on any atom is 0.270 e. The number of amides is 2. The SMILES string of the molecule is CSc1ccccc1NC(=O)CN(C)C(=O)c1cccn1Cc1ccccc1. The van der Waals surface area contributed by atoms with Crippen LogP contribution in [0.25, 0.3) is 0 Å². The molecule has 0 aliphatic carbocycles. The summed E-state index contributed by atoms with van der Waals surface area (Å²) in [6.07, 6.45) is 3.84. The second-order valence-corrected chi connectivity index (χ2v) is 7.26. The van der Waals surface area contributed by atoms with Crippen molar-refractivity contribution < 1.29 is 9.59 Å². The summed E-state index contributed by atoms with van der Waals surface area (Å²) < 4.78 is 1.90. The molecule has 0 fully saturated rings. The van der Waals surface area contributed by atoms with E-state index >= 15 is 0 Å². The van der Waals surface area contributed by atoms with E-state index in [9.17, 15) is 9.59 Å². The summed E-state index contributed by atoms with van der Waals surface area (Å²) in [4.78, 5) is 27.7. The van der Waals surface area contributed by atoms with E-state index in [1.165, 1.54) is 4.90 Å². The van der Waals surface area contributed by atoms with Crippen LogP contribution in [0.2, 0.25) is 0 Å². The number of aromatic nitrogens is 1. The number of rotatable bonds is 7. The monoisotopic (exact) mass is 393 g/mol. The Balaban J connectivity index is 1.65. The Kier molecular flexibility index (Phi) is 6.55. The van der Waals surface area contributed by atoms with E-state index in [4.69, 9.17) is 0 Å². The van der Waals surface area contributed by atoms with E-state index in [1.807, 2.05) is 77.7 Å². The Hall–Kier alpha value is -2.99. The van der Waals surface area contributed by atoms with Crippen LogP contribution in [0.1, 0.15) is 16.1 Å². The molecular formula is C22H23N3O2S. The lowest BCUT2D eigenvalue weighted by molar-refractivity contribution is -0.116. The fourth-order valence-electron chi connectivity index (χ4n) is 2.95. The van der Waals surface area contributed by atoms with Crippen molar-refractivity contribution in [2.45, 2.75) is 11.4 Å². The number of para-hydroxylation sites is 1. The summed E-state index contributed by atoms with van der Waals surface area (Å²) in [6, 6.07) is 21.2. The number of carbonyl (C=O) groups excluding carboxylic acids is 2. The Morgan fingerprint density at radius 1 is 1.00 bits per heavy atom. The van der Waals surface area contributed by atoms with Crippen molar-refractivity contribution in [2.24, 2.45) is 0 Å². The van der Waals surface area contributed by atoms with E-state index < -0.39 is 0 Å². The van der Waals surface area contributed by atoms with Gasteiger partial charge in [-0.05, 0) is 36.1 Å². The van der Waals surface area contributed by atoms with Gasteiger partial charge in [0.1, 0.15) is 5.69 Å². The number of nitrogens with one attached hydrogen (secondary N) is 1. The van der Waals surface area contributed by atoms with E-state index in [0.29, 0.717) is 12.2 Å². The molecule has 2 aromatic carbocycles. The number of hydrogen-bond donors (Lipinski definition) is 1. The van der Waals surface area contributed by atoms with Gasteiger partial charge in [-0.3, -0.25) is 9.59 Å². The summed E-state index contributed by atoms with van der Waals surface area (Å²) >= 11 is 1.56. The van der Waals surface area contributed by atoms with Crippen molar-refractivity contribution in [2.75, 3.05) is 25.2 Å². The van der Waals surface area contributed by atoms with Gasteiger partial charge >= 0.3 is 0 Å². The van der Waals surface area contributed by atoms with Crippen molar-refractivity contribution in [1.29, 1.82) is 0 Å². The topological polar surface area (TPSA) is 54.3 Å². The first-order valence-electron chi connectivity index (χ1n) is 8.96. The highest BCUT2D eigenvalue weighted by molar-refractivity contribution is 7.98. The normalized spacial score (nSPS) is 10.5. The van der Waals surface area contributed by atoms with Crippen molar-refractivity contribution >= 4 is 29.3 Å². The molecule has 2 amide bonds. The minimum atomic E-state index is -0.224. The van der Waals surface area contributed by atoms with Crippen LogP contribution in [0.5, 0.6) is 0 Å². The number of anilines is 1. The van der Waals surface area contributed by atoms with Gasteiger partial charge in [0, 0.05) is 24.7 Å². The van der Waals surface area contributed by atoms with E-state index in [1.54, 1.807) is 24.9 Å². The molecule has 0 bridgehead atoms. The average Bonchev–Trinajstić information content (AvgIpc) is 3.16. The molecule has 1 N–H and O–H groups in total. The molecule has 5 nitrogen and oxygen atoms in total. The van der Waals surface area contributed by atoms with Gasteiger partial charge in [-0.2, -0.15) is 0 Å². The second-order valence-electron chi connectivity index (χ2n) is 6.42. The molecule has 0 aliphatic heterocycles. The smallest absolute Gasteiger partial charge is 0.270 e. The summed E-state index contributed by atoms with van der Waals surface area (Å²) in [5.74, 6) is -0.409. The molecule has 0 atom stereocenters. The molecular weight excluding hydrogens is 370 g/mol. The van der Waals surface area contributed by atoms with Crippen LogP contribution < -0.4 is 5.32 Å². The zero-order valence-corrected chi connectivity index (χ0v) is 16.8. The van der Waals surface area contributed by atoms with Crippen molar-refractivity contribution in [3.8, 4) is 0 Å². The third kappa shape index (κ3) is 4.84. The highest BCUT2D eigenvalue weighted by atomic mass is 32.2. The highest BCUT2D eigenvalue weighted by Gasteiger charge is 2.18. The van der Waals surface area contributed by atoms with Gasteiger partial charge in [0.05, 0.1) is 12.2 Å². The quantitative estimate of drug-likeness (QED) is 0.618. The zero-order chi connectivity index (χ0) is 19.9. The largest absolute Gasteiger partial charge is 0.339 e. The Morgan fingerprint density at radius 3 is 2.46 bits per heavy atom. The third-order valence-electron chi connectivity index (χ3n) is 4.35. The number of benzene rings is 2. The molecule has 1 aromatic heterocycles. The first kappa shape index (κ1) is 19.8. The van der Waals surface area contributed by atoms with Crippen LogP contribution in [-0.4, -0.2) is 41.1 Å². The van der Waals surface area contributed by atoms with Gasteiger partial charge in [-0.1, -0.05) is 42.5 Å². The maximum atomic E-state index is 12.8. The Bertz CT molecular complexity index is 953. The molecule has 3 aromatic rings. The molecule has 28 heavy (non-hydrogen) atoms. The maximum absolute atomic E-state index is 12.8. The van der Waals surface area contributed by atoms with Crippen molar-refractivity contribution in [3.05, 3.63) is 84.2 Å². The number of hydrogen-bond acceptors (Lipinski definition) is 3. The van der Waals surface area contributed by atoms with Crippen LogP contribution in [0.4, 0.5) is 5.69 Å². The van der Waals surface area contributed by atoms with Gasteiger partial charge in [0.15, 0.2) is 0 Å². The molecule has 0 saturated heterocycles. The van der Waals surface area contributed by atoms with Gasteiger partial charge in [-0.15, -0.1) is 11.8 Å². The standard InChI is InChI=1S/C22H23N3O2S/c1-24(16-21(26)23-18-11-6-7-13-20(18)28-2)22(27)19-12-8-14-25(19)15-17-9-4-3-5-10-17/h3-14H,15-16H2,1-2H3,(H,23,26). The molecule has 0 spiro atoms. The fourth-order valence-corrected chi connectivity index (χ4v) is 3.50. The molecule has 0 aliphatic rings. The predicted octanol–water partition coefficient (Wildman–Crippen LogP) is 3.97. The molecule has 1 heterocycles. The Morgan fingerprint density at radius 2 is 1.71 bits per heavy atom. The van der Waals surface area contributed by atoms with E-state index in [2.05, 4.69) is 5.32 Å². The second kappa shape index (κ2) is 9.28. The number of carbonyl (C=O) groups is 2. The van der Waals surface area contributed by atoms with Crippen molar-refractivity contribution in [1.82, 2.24) is 9.47 Å². The highest BCUT2D eigenvalue weighted by Crippen LogP contribution is 2.24. The third-order valence-corrected chi connectivity index (χ3v) is 5.15. The van der Waals surface area contributed by atoms with Gasteiger partial charge in [-0.25, -0.2) is 0 Å². The lowest BCUT2D eigenvalue weighted by atomic mass is 10.2. The summed E-state index contributed by atoms with van der Waals surface area (Å²) in [6.45, 7) is 0.591. The van der Waals surface area contributed by atoms with Crippen LogP contribution in [0.15, 0.2) is 77.8 Å². The van der Waals surface area contributed by atoms with E-state index in [-0.39, 0.29) is 18.4 Å². The molecule has 3 rings (SSSR count). The van der Waals surface area contributed by atoms with Gasteiger partial charge in [0.25, 0.3) is 5.91 Å². The Labute approximate surface area is 169 Å².